The van der Waals surface area contributed by atoms with E-state index in [9.17, 15) is 14.9 Å². The Hall–Kier alpha value is -2.70. The molecule has 0 saturated carbocycles. The molecule has 0 bridgehead atoms. The van der Waals surface area contributed by atoms with Crippen molar-refractivity contribution in [1.82, 2.24) is 15.5 Å². The first kappa shape index (κ1) is 12.7. The van der Waals surface area contributed by atoms with Gasteiger partial charge in [-0.2, -0.15) is 0 Å². The summed E-state index contributed by atoms with van der Waals surface area (Å²) in [4.78, 5) is 21.7. The van der Waals surface area contributed by atoms with E-state index in [1.165, 1.54) is 0 Å². The first-order valence-corrected chi connectivity index (χ1v) is 5.63. The minimum Gasteiger partial charge on any atom is -0.358 e. The van der Waals surface area contributed by atoms with Gasteiger partial charge in [-0.1, -0.05) is 35.4 Å². The van der Waals surface area contributed by atoms with Gasteiger partial charge in [-0.25, -0.2) is 0 Å². The van der Waals surface area contributed by atoms with Crippen molar-refractivity contribution >= 4 is 11.7 Å². The predicted octanol–water partition coefficient (Wildman–Crippen LogP) is 1.81. The minimum atomic E-state index is -0.635. The molecular weight excluding hydrogens is 248 g/mol. The highest BCUT2D eigenvalue weighted by atomic mass is 16.6. The fraction of sp³-hybridized carbons (Fsp3) is 0.167. The predicted molar refractivity (Wildman–Crippen MR) is 67.6 cm³/mol. The number of carbonyl (C=O) groups excluding carboxylic acids is 1. The SMILES string of the molecule is CC(NC(=O)c1cc([N+](=O)[O-])[nH]n1)c1ccccc1. The van der Waals surface area contributed by atoms with E-state index in [2.05, 4.69) is 15.5 Å². The molecule has 0 fully saturated rings. The van der Waals surface area contributed by atoms with Crippen LogP contribution < -0.4 is 5.32 Å². The highest BCUT2D eigenvalue weighted by Gasteiger charge is 2.18. The topological polar surface area (TPSA) is 101 Å². The van der Waals surface area contributed by atoms with Gasteiger partial charge in [-0.15, -0.1) is 5.10 Å². The lowest BCUT2D eigenvalue weighted by Crippen LogP contribution is -2.26. The molecule has 1 atom stereocenters. The Labute approximate surface area is 108 Å². The van der Waals surface area contributed by atoms with Crippen molar-refractivity contribution in [3.8, 4) is 0 Å². The van der Waals surface area contributed by atoms with Crippen LogP contribution in [0.1, 0.15) is 29.0 Å². The highest BCUT2D eigenvalue weighted by molar-refractivity contribution is 5.92. The summed E-state index contributed by atoms with van der Waals surface area (Å²) in [6, 6.07) is 10.3. The Balaban J connectivity index is 2.06. The number of nitro groups is 1. The van der Waals surface area contributed by atoms with Crippen LogP contribution in [-0.2, 0) is 0 Å². The van der Waals surface area contributed by atoms with E-state index in [4.69, 9.17) is 0 Å². The molecule has 7 nitrogen and oxygen atoms in total. The number of nitrogens with zero attached hydrogens (tertiary/aromatic N) is 2. The van der Waals surface area contributed by atoms with Crippen LogP contribution in [0.2, 0.25) is 0 Å². The van der Waals surface area contributed by atoms with E-state index in [0.29, 0.717) is 0 Å². The molecule has 0 radical (unpaired) electrons. The third-order valence-electron chi connectivity index (χ3n) is 2.64. The van der Waals surface area contributed by atoms with Crippen LogP contribution in [0.3, 0.4) is 0 Å². The normalized spacial score (nSPS) is 11.8. The van der Waals surface area contributed by atoms with Crippen molar-refractivity contribution < 1.29 is 9.72 Å². The fourth-order valence-electron chi connectivity index (χ4n) is 1.62. The van der Waals surface area contributed by atoms with Gasteiger partial charge in [0.05, 0.1) is 12.1 Å². The number of nitrogens with one attached hydrogen (secondary N) is 2. The monoisotopic (exact) mass is 260 g/mol. The smallest absolute Gasteiger partial charge is 0.343 e. The first-order valence-electron chi connectivity index (χ1n) is 5.63. The Morgan fingerprint density at radius 1 is 1.42 bits per heavy atom. The van der Waals surface area contributed by atoms with Gasteiger partial charge in [0.15, 0.2) is 5.69 Å². The molecule has 2 rings (SSSR count). The van der Waals surface area contributed by atoms with Crippen molar-refractivity contribution in [2.45, 2.75) is 13.0 Å². The second-order valence-corrected chi connectivity index (χ2v) is 4.00. The number of rotatable bonds is 4. The van der Waals surface area contributed by atoms with E-state index >= 15 is 0 Å². The van der Waals surface area contributed by atoms with Gasteiger partial charge >= 0.3 is 5.82 Å². The summed E-state index contributed by atoms with van der Waals surface area (Å²) in [7, 11) is 0. The van der Waals surface area contributed by atoms with Crippen molar-refractivity contribution in [2.75, 3.05) is 0 Å². The molecule has 1 amide bonds. The largest absolute Gasteiger partial charge is 0.358 e. The van der Waals surface area contributed by atoms with E-state index in [1.807, 2.05) is 37.3 Å². The van der Waals surface area contributed by atoms with Crippen molar-refractivity contribution in [1.29, 1.82) is 0 Å². The quantitative estimate of drug-likeness (QED) is 0.646. The van der Waals surface area contributed by atoms with E-state index < -0.39 is 10.8 Å². The van der Waals surface area contributed by atoms with Crippen LogP contribution in [0, 0.1) is 10.1 Å². The maximum absolute atomic E-state index is 11.8. The number of hydrogen-bond donors (Lipinski definition) is 2. The van der Waals surface area contributed by atoms with Crippen LogP contribution >= 0.6 is 0 Å². The molecule has 0 aliphatic rings. The average molecular weight is 260 g/mol. The third kappa shape index (κ3) is 2.95. The summed E-state index contributed by atoms with van der Waals surface area (Å²) in [6.07, 6.45) is 0. The summed E-state index contributed by atoms with van der Waals surface area (Å²) >= 11 is 0. The van der Waals surface area contributed by atoms with Gasteiger partial charge in [0, 0.05) is 0 Å². The van der Waals surface area contributed by atoms with Gasteiger partial charge in [0.1, 0.15) is 0 Å². The zero-order chi connectivity index (χ0) is 13.8. The summed E-state index contributed by atoms with van der Waals surface area (Å²) in [5.41, 5.74) is 0.940. The Morgan fingerprint density at radius 3 is 2.68 bits per heavy atom. The summed E-state index contributed by atoms with van der Waals surface area (Å²) < 4.78 is 0. The van der Waals surface area contributed by atoms with Crippen LogP contribution in [0.5, 0.6) is 0 Å². The van der Waals surface area contributed by atoms with Gasteiger partial charge < -0.3 is 15.4 Å². The minimum absolute atomic E-state index is 0.00511. The Morgan fingerprint density at radius 2 is 2.11 bits per heavy atom. The summed E-state index contributed by atoms with van der Waals surface area (Å²) in [6.45, 7) is 1.83. The van der Waals surface area contributed by atoms with Crippen molar-refractivity contribution in [3.05, 3.63) is 57.8 Å². The maximum atomic E-state index is 11.8. The third-order valence-corrected chi connectivity index (χ3v) is 2.64. The Kier molecular flexibility index (Phi) is 3.56. The second kappa shape index (κ2) is 5.30. The van der Waals surface area contributed by atoms with E-state index in [1.54, 1.807) is 0 Å². The van der Waals surface area contributed by atoms with Gasteiger partial charge in [0.25, 0.3) is 5.91 Å². The molecule has 0 saturated heterocycles. The molecule has 0 aliphatic heterocycles. The maximum Gasteiger partial charge on any atom is 0.343 e. The number of hydrogen-bond acceptors (Lipinski definition) is 4. The molecule has 0 aliphatic carbocycles. The van der Waals surface area contributed by atoms with Gasteiger partial charge in [-0.05, 0) is 17.4 Å². The van der Waals surface area contributed by atoms with E-state index in [-0.39, 0.29) is 17.6 Å². The number of aromatic amines is 1. The van der Waals surface area contributed by atoms with Crippen molar-refractivity contribution in [3.63, 3.8) is 0 Å². The lowest BCUT2D eigenvalue weighted by Gasteiger charge is -2.12. The zero-order valence-corrected chi connectivity index (χ0v) is 10.2. The first-order chi connectivity index (χ1) is 9.08. The highest BCUT2D eigenvalue weighted by Crippen LogP contribution is 2.13. The van der Waals surface area contributed by atoms with Gasteiger partial charge in [-0.3, -0.25) is 4.79 Å². The average Bonchev–Trinajstić information content (AvgIpc) is 2.89. The fourth-order valence-corrected chi connectivity index (χ4v) is 1.62. The molecule has 19 heavy (non-hydrogen) atoms. The summed E-state index contributed by atoms with van der Waals surface area (Å²) in [5, 5.41) is 19.0. The molecule has 2 N–H and O–H groups in total. The molecule has 1 heterocycles. The van der Waals surface area contributed by atoms with Crippen LogP contribution in [-0.4, -0.2) is 21.0 Å². The number of amides is 1. The van der Waals surface area contributed by atoms with Crippen LogP contribution in [0.4, 0.5) is 5.82 Å². The van der Waals surface area contributed by atoms with Crippen LogP contribution in [0.15, 0.2) is 36.4 Å². The van der Waals surface area contributed by atoms with Gasteiger partial charge in [0.2, 0.25) is 0 Å². The molecule has 7 heteroatoms. The standard InChI is InChI=1S/C12H12N4O3/c1-8(9-5-3-2-4-6-9)13-12(17)10-7-11(15-14-10)16(18)19/h2-8H,1H3,(H,13,17)(H,14,15). The summed E-state index contributed by atoms with van der Waals surface area (Å²) in [5.74, 6) is -0.766. The molecule has 98 valence electrons. The Bertz CT molecular complexity index is 594. The molecule has 1 unspecified atom stereocenters. The molecule has 0 spiro atoms. The number of benzene rings is 1. The molecule has 2 aromatic rings. The van der Waals surface area contributed by atoms with Crippen molar-refractivity contribution in [2.24, 2.45) is 0 Å². The molecular formula is C12H12N4O3. The lowest BCUT2D eigenvalue weighted by molar-refractivity contribution is -0.389. The number of H-pyrrole nitrogens is 1. The second-order valence-electron chi connectivity index (χ2n) is 4.00. The lowest BCUT2D eigenvalue weighted by atomic mass is 10.1. The zero-order valence-electron chi connectivity index (χ0n) is 10.2. The molecule has 1 aromatic carbocycles. The number of carbonyl (C=O) groups is 1. The van der Waals surface area contributed by atoms with Crippen LogP contribution in [0.25, 0.3) is 0 Å². The number of aromatic nitrogens is 2. The molecule has 1 aromatic heterocycles. The van der Waals surface area contributed by atoms with E-state index in [0.717, 1.165) is 11.6 Å².